The Morgan fingerprint density at radius 1 is 1.52 bits per heavy atom. The van der Waals surface area contributed by atoms with E-state index in [0.717, 1.165) is 12.0 Å². The molecule has 1 aromatic carbocycles. The zero-order valence-corrected chi connectivity index (χ0v) is 12.9. The SMILES string of the molecule is CCOC1CC(NC(=O)/C=C/c2cccc(N)c2)C1(C)C. The molecule has 1 aliphatic rings. The summed E-state index contributed by atoms with van der Waals surface area (Å²) < 4.78 is 5.66. The molecule has 114 valence electrons. The van der Waals surface area contributed by atoms with Crippen molar-refractivity contribution in [2.45, 2.75) is 39.3 Å². The summed E-state index contributed by atoms with van der Waals surface area (Å²) in [7, 11) is 0. The first-order chi connectivity index (χ1) is 9.93. The summed E-state index contributed by atoms with van der Waals surface area (Å²) in [6.07, 6.45) is 4.43. The molecule has 3 N–H and O–H groups in total. The third kappa shape index (κ3) is 3.64. The summed E-state index contributed by atoms with van der Waals surface area (Å²) in [4.78, 5) is 12.0. The van der Waals surface area contributed by atoms with Crippen LogP contribution in [0.15, 0.2) is 30.3 Å². The standard InChI is InChI=1S/C17H24N2O2/c1-4-21-15-11-14(17(15,2)3)19-16(20)9-8-12-6-5-7-13(18)10-12/h5-10,14-15H,4,11,18H2,1-3H3,(H,19,20)/b9-8+. The molecule has 0 heterocycles. The monoisotopic (exact) mass is 288 g/mol. The molecule has 2 rings (SSSR count). The molecule has 1 fully saturated rings. The van der Waals surface area contributed by atoms with E-state index in [9.17, 15) is 4.79 Å². The van der Waals surface area contributed by atoms with E-state index in [1.807, 2.05) is 31.2 Å². The average molecular weight is 288 g/mol. The highest BCUT2D eigenvalue weighted by molar-refractivity contribution is 5.92. The second-order valence-electron chi connectivity index (χ2n) is 6.07. The van der Waals surface area contributed by atoms with Crippen molar-refractivity contribution in [3.8, 4) is 0 Å². The number of amides is 1. The molecule has 1 aliphatic carbocycles. The minimum absolute atomic E-state index is 0.0172. The van der Waals surface area contributed by atoms with Gasteiger partial charge in [0.2, 0.25) is 5.91 Å². The van der Waals surface area contributed by atoms with Crippen LogP contribution >= 0.6 is 0 Å². The average Bonchev–Trinajstić information content (AvgIpc) is 2.44. The highest BCUT2D eigenvalue weighted by Gasteiger charge is 2.49. The molecule has 0 saturated heterocycles. The van der Waals surface area contributed by atoms with Crippen molar-refractivity contribution >= 4 is 17.7 Å². The van der Waals surface area contributed by atoms with E-state index in [2.05, 4.69) is 19.2 Å². The Labute approximate surface area is 126 Å². The van der Waals surface area contributed by atoms with Crippen LogP contribution in [0, 0.1) is 5.41 Å². The number of benzene rings is 1. The van der Waals surface area contributed by atoms with Crippen molar-refractivity contribution in [1.29, 1.82) is 0 Å². The van der Waals surface area contributed by atoms with Crippen LogP contribution in [0.1, 0.15) is 32.8 Å². The highest BCUT2D eigenvalue weighted by atomic mass is 16.5. The van der Waals surface area contributed by atoms with E-state index < -0.39 is 0 Å². The van der Waals surface area contributed by atoms with Crippen LogP contribution in [0.4, 0.5) is 5.69 Å². The second kappa shape index (κ2) is 6.31. The minimum Gasteiger partial charge on any atom is -0.399 e. The Morgan fingerprint density at radius 3 is 2.90 bits per heavy atom. The molecule has 0 aliphatic heterocycles. The van der Waals surface area contributed by atoms with Gasteiger partial charge in [-0.3, -0.25) is 4.79 Å². The van der Waals surface area contributed by atoms with Crippen LogP contribution in [0.3, 0.4) is 0 Å². The Balaban J connectivity index is 1.88. The third-order valence-electron chi connectivity index (χ3n) is 4.20. The fraction of sp³-hybridized carbons (Fsp3) is 0.471. The van der Waals surface area contributed by atoms with Crippen LogP contribution in [0.25, 0.3) is 6.08 Å². The summed E-state index contributed by atoms with van der Waals surface area (Å²) >= 11 is 0. The van der Waals surface area contributed by atoms with Gasteiger partial charge in [-0.1, -0.05) is 26.0 Å². The lowest BCUT2D eigenvalue weighted by molar-refractivity contribution is -0.133. The largest absolute Gasteiger partial charge is 0.399 e. The van der Waals surface area contributed by atoms with E-state index in [0.29, 0.717) is 12.3 Å². The lowest BCUT2D eigenvalue weighted by Gasteiger charge is -2.51. The predicted molar refractivity (Wildman–Crippen MR) is 85.6 cm³/mol. The number of ether oxygens (including phenoxy) is 1. The van der Waals surface area contributed by atoms with Gasteiger partial charge in [0.15, 0.2) is 0 Å². The van der Waals surface area contributed by atoms with Crippen LogP contribution in [-0.2, 0) is 9.53 Å². The lowest BCUT2D eigenvalue weighted by Crippen LogP contribution is -2.61. The van der Waals surface area contributed by atoms with Gasteiger partial charge in [-0.2, -0.15) is 0 Å². The molecule has 0 spiro atoms. The van der Waals surface area contributed by atoms with Gasteiger partial charge in [-0.05, 0) is 37.1 Å². The van der Waals surface area contributed by atoms with Gasteiger partial charge in [0.1, 0.15) is 0 Å². The van der Waals surface area contributed by atoms with Crippen LogP contribution in [0.2, 0.25) is 0 Å². The van der Waals surface area contributed by atoms with Crippen LogP contribution in [-0.4, -0.2) is 24.7 Å². The van der Waals surface area contributed by atoms with Crippen molar-refractivity contribution in [1.82, 2.24) is 5.32 Å². The highest BCUT2D eigenvalue weighted by Crippen LogP contribution is 2.42. The molecular formula is C17H24N2O2. The molecule has 0 aromatic heterocycles. The first-order valence-electron chi connectivity index (χ1n) is 7.39. The molecule has 4 nitrogen and oxygen atoms in total. The second-order valence-corrected chi connectivity index (χ2v) is 6.07. The number of carbonyl (C=O) groups is 1. The molecule has 1 amide bonds. The number of hydrogen-bond acceptors (Lipinski definition) is 3. The fourth-order valence-electron chi connectivity index (χ4n) is 2.67. The summed E-state index contributed by atoms with van der Waals surface area (Å²) in [5, 5.41) is 3.04. The number of hydrogen-bond donors (Lipinski definition) is 2. The molecule has 1 saturated carbocycles. The summed E-state index contributed by atoms with van der Waals surface area (Å²) in [6, 6.07) is 7.60. The number of anilines is 1. The summed E-state index contributed by atoms with van der Waals surface area (Å²) in [6.45, 7) is 6.97. The maximum Gasteiger partial charge on any atom is 0.244 e. The molecule has 0 radical (unpaired) electrons. The van der Waals surface area contributed by atoms with Crippen molar-refractivity contribution in [2.75, 3.05) is 12.3 Å². The van der Waals surface area contributed by atoms with Crippen molar-refractivity contribution < 1.29 is 9.53 Å². The first kappa shape index (κ1) is 15.6. The van der Waals surface area contributed by atoms with E-state index in [-0.39, 0.29) is 23.5 Å². The molecule has 2 unspecified atom stereocenters. The Morgan fingerprint density at radius 2 is 2.29 bits per heavy atom. The Kier molecular flexibility index (Phi) is 4.68. The maximum atomic E-state index is 12.0. The van der Waals surface area contributed by atoms with Gasteiger partial charge in [-0.15, -0.1) is 0 Å². The quantitative estimate of drug-likeness (QED) is 0.646. The van der Waals surface area contributed by atoms with Crippen molar-refractivity contribution in [2.24, 2.45) is 5.41 Å². The number of rotatable bonds is 5. The maximum absolute atomic E-state index is 12.0. The van der Waals surface area contributed by atoms with Crippen molar-refractivity contribution in [3.05, 3.63) is 35.9 Å². The number of nitrogen functional groups attached to an aromatic ring is 1. The topological polar surface area (TPSA) is 64.3 Å². The Bertz CT molecular complexity index is 537. The van der Waals surface area contributed by atoms with Gasteiger partial charge in [0.25, 0.3) is 0 Å². The molecule has 2 atom stereocenters. The van der Waals surface area contributed by atoms with Crippen LogP contribution < -0.4 is 11.1 Å². The van der Waals surface area contributed by atoms with Crippen LogP contribution in [0.5, 0.6) is 0 Å². The smallest absolute Gasteiger partial charge is 0.244 e. The van der Waals surface area contributed by atoms with E-state index >= 15 is 0 Å². The molecular weight excluding hydrogens is 264 g/mol. The lowest BCUT2D eigenvalue weighted by atomic mass is 9.64. The van der Waals surface area contributed by atoms with Gasteiger partial charge >= 0.3 is 0 Å². The van der Waals surface area contributed by atoms with Gasteiger partial charge in [-0.25, -0.2) is 0 Å². The predicted octanol–water partition coefficient (Wildman–Crippen LogP) is 2.60. The minimum atomic E-state index is -0.0783. The van der Waals surface area contributed by atoms with E-state index in [1.54, 1.807) is 12.2 Å². The van der Waals surface area contributed by atoms with Gasteiger partial charge in [0, 0.05) is 29.8 Å². The Hall–Kier alpha value is -1.81. The third-order valence-corrected chi connectivity index (χ3v) is 4.20. The molecule has 0 bridgehead atoms. The molecule has 21 heavy (non-hydrogen) atoms. The molecule has 4 heteroatoms. The summed E-state index contributed by atoms with van der Waals surface area (Å²) in [5.74, 6) is -0.0783. The zero-order valence-electron chi connectivity index (χ0n) is 12.9. The molecule has 1 aromatic rings. The number of nitrogens with one attached hydrogen (secondary N) is 1. The zero-order chi connectivity index (χ0) is 15.5. The first-order valence-corrected chi connectivity index (χ1v) is 7.39. The summed E-state index contributed by atoms with van der Waals surface area (Å²) in [5.41, 5.74) is 7.30. The van der Waals surface area contributed by atoms with E-state index in [4.69, 9.17) is 10.5 Å². The van der Waals surface area contributed by atoms with Gasteiger partial charge < -0.3 is 15.8 Å². The van der Waals surface area contributed by atoms with Crippen molar-refractivity contribution in [3.63, 3.8) is 0 Å². The number of nitrogens with two attached hydrogens (primary N) is 1. The normalized spacial score (nSPS) is 23.8. The van der Waals surface area contributed by atoms with E-state index in [1.165, 1.54) is 0 Å². The number of carbonyl (C=O) groups excluding carboxylic acids is 1. The fourth-order valence-corrected chi connectivity index (χ4v) is 2.67. The van der Waals surface area contributed by atoms with Gasteiger partial charge in [0.05, 0.1) is 6.10 Å².